The third kappa shape index (κ3) is 3.57. The third-order valence-corrected chi connectivity index (χ3v) is 3.64. The molecule has 0 atom stereocenters. The maximum atomic E-state index is 12.0. The summed E-state index contributed by atoms with van der Waals surface area (Å²) >= 11 is 0. The van der Waals surface area contributed by atoms with Crippen LogP contribution in [0, 0.1) is 6.92 Å². The van der Waals surface area contributed by atoms with Crippen LogP contribution in [0.15, 0.2) is 36.8 Å². The molecule has 0 aliphatic rings. The van der Waals surface area contributed by atoms with Gasteiger partial charge >= 0.3 is 6.03 Å². The van der Waals surface area contributed by atoms with E-state index in [1.807, 2.05) is 38.2 Å². The van der Waals surface area contributed by atoms with E-state index in [1.165, 1.54) is 6.33 Å². The minimum atomic E-state index is -0.244. The summed E-state index contributed by atoms with van der Waals surface area (Å²) in [6.07, 6.45) is 3.99. The Kier molecular flexibility index (Phi) is 4.50. The highest BCUT2D eigenvalue weighted by molar-refractivity contribution is 5.89. The molecule has 0 radical (unpaired) electrons. The number of nitrogens with one attached hydrogen (secondary N) is 2. The zero-order valence-corrected chi connectivity index (χ0v) is 13.5. The van der Waals surface area contributed by atoms with Crippen molar-refractivity contribution in [1.29, 1.82) is 0 Å². The predicted molar refractivity (Wildman–Crippen MR) is 87.8 cm³/mol. The molecule has 0 aliphatic heterocycles. The van der Waals surface area contributed by atoms with Crippen LogP contribution < -0.4 is 10.6 Å². The van der Waals surface area contributed by atoms with Crippen LogP contribution in [0.4, 0.5) is 10.5 Å². The quantitative estimate of drug-likeness (QED) is 0.730. The van der Waals surface area contributed by atoms with Gasteiger partial charge in [0.2, 0.25) is 0 Å². The second-order valence-corrected chi connectivity index (χ2v) is 5.33. The molecule has 24 heavy (non-hydrogen) atoms. The van der Waals surface area contributed by atoms with Gasteiger partial charge in [0.15, 0.2) is 0 Å². The first-order chi connectivity index (χ1) is 11.6. The fraction of sp³-hybridized carbons (Fsp3) is 0.267. The number of hydrogen-bond acceptors (Lipinski definition) is 5. The Labute approximate surface area is 138 Å². The Morgan fingerprint density at radius 2 is 2.17 bits per heavy atom. The molecule has 0 aliphatic carbocycles. The van der Waals surface area contributed by atoms with Crippen molar-refractivity contribution in [3.63, 3.8) is 0 Å². The van der Waals surface area contributed by atoms with E-state index in [0.717, 1.165) is 23.4 Å². The minimum absolute atomic E-state index is 0.244. The predicted octanol–water partition coefficient (Wildman–Crippen LogP) is 1.07. The van der Waals surface area contributed by atoms with Gasteiger partial charge < -0.3 is 10.6 Å². The Morgan fingerprint density at radius 1 is 1.29 bits per heavy atom. The van der Waals surface area contributed by atoms with Crippen LogP contribution in [0.3, 0.4) is 0 Å². The van der Waals surface area contributed by atoms with Gasteiger partial charge in [-0.25, -0.2) is 9.48 Å². The molecule has 124 valence electrons. The van der Waals surface area contributed by atoms with Crippen LogP contribution in [0.25, 0.3) is 5.69 Å². The number of nitrogens with zero attached hydrogens (tertiary/aromatic N) is 6. The largest absolute Gasteiger partial charge is 0.337 e. The summed E-state index contributed by atoms with van der Waals surface area (Å²) in [7, 11) is 1.88. The lowest BCUT2D eigenvalue weighted by Crippen LogP contribution is -2.30. The number of carbonyl (C=O) groups excluding carboxylic acids is 1. The molecular weight excluding hydrogens is 308 g/mol. The average Bonchev–Trinajstić information content (AvgIpc) is 3.20. The van der Waals surface area contributed by atoms with Crippen molar-refractivity contribution in [3.8, 4) is 5.69 Å². The molecule has 3 rings (SSSR count). The normalized spacial score (nSPS) is 10.6. The summed E-state index contributed by atoms with van der Waals surface area (Å²) in [6.45, 7) is 2.47. The van der Waals surface area contributed by atoms with Crippen molar-refractivity contribution in [2.24, 2.45) is 7.05 Å². The van der Waals surface area contributed by atoms with Crippen molar-refractivity contribution >= 4 is 11.7 Å². The number of anilines is 1. The first kappa shape index (κ1) is 15.7. The number of carbonyl (C=O) groups is 1. The first-order valence-corrected chi connectivity index (χ1v) is 7.49. The van der Waals surface area contributed by atoms with Crippen molar-refractivity contribution in [3.05, 3.63) is 48.0 Å². The molecule has 0 saturated carbocycles. The highest BCUT2D eigenvalue weighted by Gasteiger charge is 2.06. The number of aryl methyl sites for hydroxylation is 2. The Balaban J connectivity index is 1.55. The van der Waals surface area contributed by atoms with Gasteiger partial charge in [-0.05, 0) is 47.2 Å². The molecule has 3 aromatic rings. The van der Waals surface area contributed by atoms with Crippen LogP contribution >= 0.6 is 0 Å². The number of aromatic nitrogens is 6. The van der Waals surface area contributed by atoms with E-state index < -0.39 is 0 Å². The van der Waals surface area contributed by atoms with Gasteiger partial charge in [0.25, 0.3) is 0 Å². The maximum absolute atomic E-state index is 12.0. The van der Waals surface area contributed by atoms with Gasteiger partial charge in [0.05, 0.1) is 5.69 Å². The van der Waals surface area contributed by atoms with E-state index in [0.29, 0.717) is 12.2 Å². The Morgan fingerprint density at radius 3 is 2.83 bits per heavy atom. The van der Waals surface area contributed by atoms with Crippen LogP contribution in [0.5, 0.6) is 0 Å². The number of rotatable bonds is 5. The standard InChI is InChI=1S/C15H18N8O/c1-11-9-12(3-4-14(11)23-10-17-20-21-23)19-15(24)16-7-5-13-6-8-18-22(13)2/h3-4,6,8-10H,5,7H2,1-2H3,(H2,16,19,24). The average molecular weight is 326 g/mol. The van der Waals surface area contributed by atoms with E-state index in [2.05, 4.69) is 31.3 Å². The molecule has 9 heteroatoms. The highest BCUT2D eigenvalue weighted by atomic mass is 16.2. The van der Waals surface area contributed by atoms with Gasteiger partial charge in [-0.2, -0.15) is 5.10 Å². The lowest BCUT2D eigenvalue weighted by atomic mass is 10.2. The zero-order valence-electron chi connectivity index (χ0n) is 13.5. The maximum Gasteiger partial charge on any atom is 0.319 e. The van der Waals surface area contributed by atoms with Gasteiger partial charge in [0.1, 0.15) is 6.33 Å². The Bertz CT molecular complexity index is 824. The van der Waals surface area contributed by atoms with E-state index >= 15 is 0 Å². The number of urea groups is 1. The van der Waals surface area contributed by atoms with Crippen LogP contribution in [0.1, 0.15) is 11.3 Å². The summed E-state index contributed by atoms with van der Waals surface area (Å²) in [5.74, 6) is 0. The number of hydrogen-bond donors (Lipinski definition) is 2. The third-order valence-electron chi connectivity index (χ3n) is 3.64. The van der Waals surface area contributed by atoms with Crippen molar-refractivity contribution in [2.75, 3.05) is 11.9 Å². The molecule has 2 N–H and O–H groups in total. The molecule has 2 amide bonds. The van der Waals surface area contributed by atoms with Crippen LogP contribution in [-0.4, -0.2) is 42.6 Å². The second-order valence-electron chi connectivity index (χ2n) is 5.33. The summed E-state index contributed by atoms with van der Waals surface area (Å²) in [5.41, 5.74) is 3.59. The fourth-order valence-electron chi connectivity index (χ4n) is 2.39. The number of tetrazole rings is 1. The van der Waals surface area contributed by atoms with E-state index in [9.17, 15) is 4.79 Å². The number of benzene rings is 1. The van der Waals surface area contributed by atoms with Gasteiger partial charge in [-0.1, -0.05) is 0 Å². The van der Waals surface area contributed by atoms with Gasteiger partial charge in [-0.15, -0.1) is 5.10 Å². The Hall–Kier alpha value is -3.23. The lowest BCUT2D eigenvalue weighted by molar-refractivity contribution is 0.252. The molecular formula is C15H18N8O. The van der Waals surface area contributed by atoms with E-state index in [-0.39, 0.29) is 6.03 Å². The lowest BCUT2D eigenvalue weighted by Gasteiger charge is -2.10. The fourth-order valence-corrected chi connectivity index (χ4v) is 2.39. The molecule has 9 nitrogen and oxygen atoms in total. The molecule has 2 heterocycles. The number of amides is 2. The van der Waals surface area contributed by atoms with Gasteiger partial charge in [-0.3, -0.25) is 4.68 Å². The van der Waals surface area contributed by atoms with Crippen LogP contribution in [0.2, 0.25) is 0 Å². The van der Waals surface area contributed by atoms with Crippen molar-refractivity contribution < 1.29 is 4.79 Å². The zero-order chi connectivity index (χ0) is 16.9. The van der Waals surface area contributed by atoms with E-state index in [1.54, 1.807) is 15.6 Å². The van der Waals surface area contributed by atoms with Gasteiger partial charge in [0, 0.05) is 37.6 Å². The van der Waals surface area contributed by atoms with Crippen LogP contribution in [-0.2, 0) is 13.5 Å². The molecule has 2 aromatic heterocycles. The van der Waals surface area contributed by atoms with E-state index in [4.69, 9.17) is 0 Å². The minimum Gasteiger partial charge on any atom is -0.337 e. The molecule has 0 spiro atoms. The molecule has 0 saturated heterocycles. The summed E-state index contributed by atoms with van der Waals surface area (Å²) in [6, 6.07) is 7.23. The summed E-state index contributed by atoms with van der Waals surface area (Å²) in [5, 5.41) is 20.8. The highest BCUT2D eigenvalue weighted by Crippen LogP contribution is 2.17. The smallest absolute Gasteiger partial charge is 0.319 e. The molecule has 1 aromatic carbocycles. The second kappa shape index (κ2) is 6.90. The topological polar surface area (TPSA) is 103 Å². The summed E-state index contributed by atoms with van der Waals surface area (Å²) < 4.78 is 3.37. The first-order valence-electron chi connectivity index (χ1n) is 7.49. The van der Waals surface area contributed by atoms with Crippen molar-refractivity contribution in [1.82, 2.24) is 35.3 Å². The SMILES string of the molecule is Cc1cc(NC(=O)NCCc2ccnn2C)ccc1-n1cnnn1. The molecule has 0 bridgehead atoms. The molecule has 0 unspecified atom stereocenters. The summed E-state index contributed by atoms with van der Waals surface area (Å²) in [4.78, 5) is 12.0. The monoisotopic (exact) mass is 326 g/mol. The molecule has 0 fully saturated rings. The van der Waals surface area contributed by atoms with Crippen molar-refractivity contribution in [2.45, 2.75) is 13.3 Å².